The van der Waals surface area contributed by atoms with E-state index >= 15 is 0 Å². The summed E-state index contributed by atoms with van der Waals surface area (Å²) >= 11 is 1.70. The molecule has 18 heavy (non-hydrogen) atoms. The van der Waals surface area contributed by atoms with E-state index in [1.54, 1.807) is 11.3 Å². The van der Waals surface area contributed by atoms with Crippen molar-refractivity contribution in [1.82, 2.24) is 20.3 Å². The highest BCUT2D eigenvalue weighted by Crippen LogP contribution is 2.24. The summed E-state index contributed by atoms with van der Waals surface area (Å²) in [5, 5.41) is 5.33. The molecule has 0 atom stereocenters. The van der Waals surface area contributed by atoms with Crippen molar-refractivity contribution in [2.75, 3.05) is 6.54 Å². The zero-order valence-electron chi connectivity index (χ0n) is 10.1. The number of hydrogen-bond acceptors (Lipinski definition) is 4. The molecule has 0 saturated carbocycles. The van der Waals surface area contributed by atoms with Gasteiger partial charge in [0.25, 0.3) is 0 Å². The molecule has 0 saturated heterocycles. The average Bonchev–Trinajstić information content (AvgIpc) is 3.04. The van der Waals surface area contributed by atoms with E-state index in [4.69, 9.17) is 0 Å². The van der Waals surface area contributed by atoms with Gasteiger partial charge in [-0.05, 0) is 24.1 Å². The van der Waals surface area contributed by atoms with Crippen LogP contribution in [0.15, 0.2) is 29.9 Å². The van der Waals surface area contributed by atoms with Crippen LogP contribution in [0.4, 0.5) is 0 Å². The fourth-order valence-corrected chi connectivity index (χ4v) is 2.61. The number of rotatable bonds is 4. The molecule has 3 aromatic rings. The van der Waals surface area contributed by atoms with Crippen molar-refractivity contribution in [3.63, 3.8) is 0 Å². The summed E-state index contributed by atoms with van der Waals surface area (Å²) in [6, 6.07) is 4.16. The average molecular weight is 258 g/mol. The molecular weight excluding hydrogens is 244 g/mol. The fraction of sp³-hybridized carbons (Fsp3) is 0.231. The second-order valence-electron chi connectivity index (χ2n) is 4.07. The van der Waals surface area contributed by atoms with Gasteiger partial charge in [0.2, 0.25) is 0 Å². The van der Waals surface area contributed by atoms with Crippen LogP contribution >= 0.6 is 11.3 Å². The van der Waals surface area contributed by atoms with E-state index in [2.05, 4.69) is 38.6 Å². The van der Waals surface area contributed by atoms with Crippen LogP contribution in [0.2, 0.25) is 0 Å². The Morgan fingerprint density at radius 2 is 2.28 bits per heavy atom. The van der Waals surface area contributed by atoms with Crippen molar-refractivity contribution in [3.05, 3.63) is 35.6 Å². The first kappa shape index (κ1) is 11.4. The number of hydrogen-bond donors (Lipinski definition) is 2. The van der Waals surface area contributed by atoms with Gasteiger partial charge in [-0.25, -0.2) is 4.98 Å². The van der Waals surface area contributed by atoms with Crippen LogP contribution in [0.5, 0.6) is 0 Å². The molecule has 0 aliphatic carbocycles. The minimum Gasteiger partial charge on any atom is -0.341 e. The lowest BCUT2D eigenvalue weighted by molar-refractivity contribution is 0.714. The second kappa shape index (κ2) is 4.88. The molecule has 0 aliphatic heterocycles. The molecule has 0 radical (unpaired) electrons. The van der Waals surface area contributed by atoms with Gasteiger partial charge in [0.05, 0.1) is 10.2 Å². The first-order chi connectivity index (χ1) is 8.86. The van der Waals surface area contributed by atoms with Crippen LogP contribution < -0.4 is 5.32 Å². The Morgan fingerprint density at radius 3 is 3.17 bits per heavy atom. The number of aromatic amines is 1. The third-order valence-corrected chi connectivity index (χ3v) is 3.62. The Labute approximate surface area is 109 Å². The maximum Gasteiger partial charge on any atom is 0.139 e. The highest BCUT2D eigenvalue weighted by molar-refractivity contribution is 7.17. The number of nitrogens with zero attached hydrogens (tertiary/aromatic N) is 2. The number of thiophene rings is 1. The van der Waals surface area contributed by atoms with Gasteiger partial charge in [-0.2, -0.15) is 0 Å². The molecule has 0 bridgehead atoms. The Balaban J connectivity index is 1.90. The molecule has 0 amide bonds. The number of H-pyrrole nitrogens is 1. The highest BCUT2D eigenvalue weighted by Gasteiger charge is 2.05. The summed E-state index contributed by atoms with van der Waals surface area (Å²) < 4.78 is 1.19. The van der Waals surface area contributed by atoms with E-state index in [-0.39, 0.29) is 0 Å². The van der Waals surface area contributed by atoms with Crippen molar-refractivity contribution >= 4 is 21.6 Å². The molecule has 3 aromatic heterocycles. The normalized spacial score (nSPS) is 11.2. The molecule has 0 unspecified atom stereocenters. The third kappa shape index (κ3) is 2.14. The van der Waals surface area contributed by atoms with E-state index in [0.29, 0.717) is 0 Å². The van der Waals surface area contributed by atoms with Gasteiger partial charge < -0.3 is 10.3 Å². The molecule has 5 heteroatoms. The smallest absolute Gasteiger partial charge is 0.139 e. The lowest BCUT2D eigenvalue weighted by Gasteiger charge is -1.98. The predicted octanol–water partition coefficient (Wildman–Crippen LogP) is 2.80. The SMILES string of the molecule is CCNCc1cnc(-c2cnc3ccsc3c2)[nH]1. The summed E-state index contributed by atoms with van der Waals surface area (Å²) in [5.41, 5.74) is 3.18. The summed E-state index contributed by atoms with van der Waals surface area (Å²) in [6.45, 7) is 3.86. The summed E-state index contributed by atoms with van der Waals surface area (Å²) in [6.07, 6.45) is 3.74. The zero-order chi connectivity index (χ0) is 12.4. The zero-order valence-corrected chi connectivity index (χ0v) is 10.9. The van der Waals surface area contributed by atoms with Gasteiger partial charge in [0.1, 0.15) is 5.82 Å². The molecule has 0 aromatic carbocycles. The number of pyridine rings is 1. The van der Waals surface area contributed by atoms with Gasteiger partial charge in [0, 0.05) is 30.2 Å². The molecule has 0 fully saturated rings. The van der Waals surface area contributed by atoms with Crippen molar-refractivity contribution in [2.45, 2.75) is 13.5 Å². The van der Waals surface area contributed by atoms with Crippen molar-refractivity contribution in [3.8, 4) is 11.4 Å². The van der Waals surface area contributed by atoms with Crippen LogP contribution in [-0.4, -0.2) is 21.5 Å². The van der Waals surface area contributed by atoms with Crippen LogP contribution in [0.3, 0.4) is 0 Å². The Morgan fingerprint density at radius 1 is 1.33 bits per heavy atom. The standard InChI is InChI=1S/C13H14N4S/c1-2-14-7-10-8-16-13(17-10)9-5-12-11(15-6-9)3-4-18-12/h3-6,8,14H,2,7H2,1H3,(H,16,17). The van der Waals surface area contributed by atoms with Gasteiger partial charge >= 0.3 is 0 Å². The molecule has 92 valence electrons. The van der Waals surface area contributed by atoms with Gasteiger partial charge in [-0.15, -0.1) is 11.3 Å². The molecule has 0 aliphatic rings. The third-order valence-electron chi connectivity index (χ3n) is 2.77. The predicted molar refractivity (Wildman–Crippen MR) is 74.6 cm³/mol. The quantitative estimate of drug-likeness (QED) is 0.756. The minimum absolute atomic E-state index is 0.818. The highest BCUT2D eigenvalue weighted by atomic mass is 32.1. The van der Waals surface area contributed by atoms with Crippen LogP contribution in [0.25, 0.3) is 21.6 Å². The monoisotopic (exact) mass is 258 g/mol. The van der Waals surface area contributed by atoms with Crippen molar-refractivity contribution in [2.24, 2.45) is 0 Å². The summed E-state index contributed by atoms with van der Waals surface area (Å²) in [5.74, 6) is 0.880. The Kier molecular flexibility index (Phi) is 3.08. The van der Waals surface area contributed by atoms with E-state index in [1.165, 1.54) is 4.70 Å². The van der Waals surface area contributed by atoms with Crippen molar-refractivity contribution < 1.29 is 0 Å². The van der Waals surface area contributed by atoms with Crippen LogP contribution in [0.1, 0.15) is 12.6 Å². The lowest BCUT2D eigenvalue weighted by Crippen LogP contribution is -2.11. The number of fused-ring (bicyclic) bond motifs is 1. The number of aromatic nitrogens is 3. The van der Waals surface area contributed by atoms with E-state index in [0.717, 1.165) is 35.7 Å². The second-order valence-corrected chi connectivity index (χ2v) is 5.01. The fourth-order valence-electron chi connectivity index (χ4n) is 1.83. The first-order valence-electron chi connectivity index (χ1n) is 5.95. The van der Waals surface area contributed by atoms with Gasteiger partial charge in [-0.3, -0.25) is 4.98 Å². The molecule has 3 rings (SSSR count). The first-order valence-corrected chi connectivity index (χ1v) is 6.83. The molecule has 2 N–H and O–H groups in total. The lowest BCUT2D eigenvalue weighted by atomic mass is 10.2. The molecule has 0 spiro atoms. The largest absolute Gasteiger partial charge is 0.341 e. The van der Waals surface area contributed by atoms with E-state index in [1.807, 2.05) is 18.5 Å². The van der Waals surface area contributed by atoms with Gasteiger partial charge in [0.15, 0.2) is 0 Å². The van der Waals surface area contributed by atoms with Crippen LogP contribution in [0, 0.1) is 0 Å². The summed E-state index contributed by atoms with van der Waals surface area (Å²) in [4.78, 5) is 12.1. The topological polar surface area (TPSA) is 53.6 Å². The maximum atomic E-state index is 4.42. The minimum atomic E-state index is 0.818. The van der Waals surface area contributed by atoms with Crippen molar-refractivity contribution in [1.29, 1.82) is 0 Å². The molecule has 3 heterocycles. The van der Waals surface area contributed by atoms with Gasteiger partial charge in [-0.1, -0.05) is 6.92 Å². The Bertz CT molecular complexity index is 656. The number of nitrogens with one attached hydrogen (secondary N) is 2. The maximum absolute atomic E-state index is 4.42. The molecule has 4 nitrogen and oxygen atoms in total. The molecular formula is C13H14N4S. The van der Waals surface area contributed by atoms with E-state index in [9.17, 15) is 0 Å². The Hall–Kier alpha value is -1.72. The van der Waals surface area contributed by atoms with E-state index < -0.39 is 0 Å². The number of imidazole rings is 1. The summed E-state index contributed by atoms with van der Waals surface area (Å²) in [7, 11) is 0. The van der Waals surface area contributed by atoms with Crippen LogP contribution in [-0.2, 0) is 6.54 Å².